The predicted octanol–water partition coefficient (Wildman–Crippen LogP) is 3.37. The molecule has 0 spiro atoms. The summed E-state index contributed by atoms with van der Waals surface area (Å²) in [6, 6.07) is 9.46. The van der Waals surface area contributed by atoms with Crippen LogP contribution < -0.4 is 11.3 Å². The van der Waals surface area contributed by atoms with E-state index in [9.17, 15) is 0 Å². The van der Waals surface area contributed by atoms with Crippen LogP contribution in [-0.4, -0.2) is 6.04 Å². The molecule has 19 heavy (non-hydrogen) atoms. The minimum atomic E-state index is 0.478. The molecule has 1 fully saturated rings. The predicted molar refractivity (Wildman–Crippen MR) is 79.7 cm³/mol. The monoisotopic (exact) mass is 258 g/mol. The van der Waals surface area contributed by atoms with E-state index in [0.717, 1.165) is 5.92 Å². The van der Waals surface area contributed by atoms with Gasteiger partial charge in [-0.3, -0.25) is 11.3 Å². The quantitative estimate of drug-likeness (QED) is 0.642. The summed E-state index contributed by atoms with van der Waals surface area (Å²) in [7, 11) is 0. The lowest BCUT2D eigenvalue weighted by molar-refractivity contribution is 0.351. The minimum absolute atomic E-state index is 0.478. The topological polar surface area (TPSA) is 38.0 Å². The Kier molecular flexibility index (Phi) is 3.40. The molecule has 1 saturated carbocycles. The molecular formula is C17H26N2. The maximum absolute atomic E-state index is 5.82. The van der Waals surface area contributed by atoms with Crippen LogP contribution in [0.2, 0.25) is 0 Å². The SMILES string of the molecule is CC1(C)CC1C(CC1CCCc2ccccc21)NN. The third-order valence-electron chi connectivity index (χ3n) is 5.32. The highest BCUT2D eigenvalue weighted by molar-refractivity contribution is 5.32. The maximum Gasteiger partial charge on any atom is 0.0249 e. The van der Waals surface area contributed by atoms with Gasteiger partial charge in [-0.1, -0.05) is 38.1 Å². The zero-order valence-electron chi connectivity index (χ0n) is 12.2. The molecule has 104 valence electrons. The van der Waals surface area contributed by atoms with Gasteiger partial charge in [-0.25, -0.2) is 0 Å². The van der Waals surface area contributed by atoms with Gasteiger partial charge in [0.25, 0.3) is 0 Å². The Morgan fingerprint density at radius 3 is 2.79 bits per heavy atom. The fourth-order valence-corrected chi connectivity index (χ4v) is 3.95. The lowest BCUT2D eigenvalue weighted by Gasteiger charge is -2.29. The fraction of sp³-hybridized carbons (Fsp3) is 0.647. The van der Waals surface area contributed by atoms with Gasteiger partial charge in [0, 0.05) is 6.04 Å². The maximum atomic E-state index is 5.82. The molecular weight excluding hydrogens is 232 g/mol. The summed E-state index contributed by atoms with van der Waals surface area (Å²) < 4.78 is 0. The van der Waals surface area contributed by atoms with Gasteiger partial charge < -0.3 is 0 Å². The molecule has 1 aromatic carbocycles. The van der Waals surface area contributed by atoms with Crippen molar-refractivity contribution in [1.29, 1.82) is 0 Å². The van der Waals surface area contributed by atoms with Crippen molar-refractivity contribution in [3.05, 3.63) is 35.4 Å². The Balaban J connectivity index is 1.73. The van der Waals surface area contributed by atoms with E-state index in [2.05, 4.69) is 43.5 Å². The molecule has 0 aliphatic heterocycles. The fourth-order valence-electron chi connectivity index (χ4n) is 3.95. The second-order valence-corrected chi connectivity index (χ2v) is 7.10. The second kappa shape index (κ2) is 4.92. The van der Waals surface area contributed by atoms with Gasteiger partial charge in [-0.2, -0.15) is 0 Å². The van der Waals surface area contributed by atoms with E-state index in [4.69, 9.17) is 5.84 Å². The summed E-state index contributed by atoms with van der Waals surface area (Å²) >= 11 is 0. The molecule has 2 heteroatoms. The molecule has 1 aromatic rings. The molecule has 2 aliphatic carbocycles. The van der Waals surface area contributed by atoms with Gasteiger partial charge in [0.2, 0.25) is 0 Å². The Morgan fingerprint density at radius 1 is 1.37 bits per heavy atom. The Morgan fingerprint density at radius 2 is 2.11 bits per heavy atom. The second-order valence-electron chi connectivity index (χ2n) is 7.10. The Bertz CT molecular complexity index is 452. The van der Waals surface area contributed by atoms with Crippen molar-refractivity contribution in [1.82, 2.24) is 5.43 Å². The Labute approximate surface area is 116 Å². The molecule has 0 bridgehead atoms. The number of hydrazine groups is 1. The van der Waals surface area contributed by atoms with E-state index in [1.165, 1.54) is 32.1 Å². The first-order valence-corrected chi connectivity index (χ1v) is 7.66. The highest BCUT2D eigenvalue weighted by atomic mass is 15.2. The van der Waals surface area contributed by atoms with Crippen molar-refractivity contribution >= 4 is 0 Å². The molecule has 0 heterocycles. The van der Waals surface area contributed by atoms with Crippen LogP contribution in [0.25, 0.3) is 0 Å². The molecule has 3 N–H and O–H groups in total. The van der Waals surface area contributed by atoms with Crippen LogP contribution in [0.5, 0.6) is 0 Å². The first-order valence-electron chi connectivity index (χ1n) is 7.66. The van der Waals surface area contributed by atoms with Crippen LogP contribution in [0, 0.1) is 11.3 Å². The number of nitrogens with two attached hydrogens (primary N) is 1. The van der Waals surface area contributed by atoms with Gasteiger partial charge in [-0.05, 0) is 60.5 Å². The highest BCUT2D eigenvalue weighted by Gasteiger charge is 2.50. The van der Waals surface area contributed by atoms with Crippen molar-refractivity contribution < 1.29 is 0 Å². The van der Waals surface area contributed by atoms with Gasteiger partial charge in [0.1, 0.15) is 0 Å². The minimum Gasteiger partial charge on any atom is -0.271 e. The van der Waals surface area contributed by atoms with Crippen LogP contribution >= 0.6 is 0 Å². The summed E-state index contributed by atoms with van der Waals surface area (Å²) in [5.41, 5.74) is 6.73. The third kappa shape index (κ3) is 2.56. The zero-order chi connectivity index (χ0) is 13.5. The van der Waals surface area contributed by atoms with E-state index in [1.54, 1.807) is 11.1 Å². The summed E-state index contributed by atoms with van der Waals surface area (Å²) in [6.07, 6.45) is 6.41. The standard InChI is InChI=1S/C17H26N2/c1-17(2)11-15(17)16(19-18)10-13-8-5-7-12-6-3-4-9-14(12)13/h3-4,6,9,13,15-16,19H,5,7-8,10-11,18H2,1-2H3. The highest BCUT2D eigenvalue weighted by Crippen LogP contribution is 2.55. The van der Waals surface area contributed by atoms with Crippen LogP contribution in [0.1, 0.15) is 56.6 Å². The molecule has 2 aliphatic rings. The van der Waals surface area contributed by atoms with Gasteiger partial charge in [-0.15, -0.1) is 0 Å². The van der Waals surface area contributed by atoms with Gasteiger partial charge >= 0.3 is 0 Å². The van der Waals surface area contributed by atoms with Crippen LogP contribution in [0.15, 0.2) is 24.3 Å². The van der Waals surface area contributed by atoms with Crippen LogP contribution in [0.4, 0.5) is 0 Å². The molecule has 0 radical (unpaired) electrons. The van der Waals surface area contributed by atoms with Crippen molar-refractivity contribution in [2.24, 2.45) is 17.2 Å². The van der Waals surface area contributed by atoms with Crippen molar-refractivity contribution in [3.8, 4) is 0 Å². The molecule has 3 unspecified atom stereocenters. The molecule has 0 amide bonds. The van der Waals surface area contributed by atoms with E-state index in [1.807, 2.05) is 0 Å². The van der Waals surface area contributed by atoms with E-state index >= 15 is 0 Å². The average molecular weight is 258 g/mol. The average Bonchev–Trinajstić information content (AvgIpc) is 3.05. The van der Waals surface area contributed by atoms with Crippen molar-refractivity contribution in [2.75, 3.05) is 0 Å². The smallest absolute Gasteiger partial charge is 0.0249 e. The van der Waals surface area contributed by atoms with Crippen LogP contribution in [-0.2, 0) is 6.42 Å². The number of fused-ring (bicyclic) bond motifs is 1. The molecule has 0 saturated heterocycles. The largest absolute Gasteiger partial charge is 0.271 e. The molecule has 3 rings (SSSR count). The van der Waals surface area contributed by atoms with E-state index < -0.39 is 0 Å². The number of nitrogens with one attached hydrogen (secondary N) is 1. The Hall–Kier alpha value is -0.860. The number of aryl methyl sites for hydroxylation is 1. The molecule has 3 atom stereocenters. The first-order chi connectivity index (χ1) is 9.12. The summed E-state index contributed by atoms with van der Waals surface area (Å²) in [5.74, 6) is 7.27. The van der Waals surface area contributed by atoms with Crippen LogP contribution in [0.3, 0.4) is 0 Å². The number of hydrogen-bond donors (Lipinski definition) is 2. The van der Waals surface area contributed by atoms with Gasteiger partial charge in [0.15, 0.2) is 0 Å². The molecule has 2 nitrogen and oxygen atoms in total. The van der Waals surface area contributed by atoms with E-state index in [-0.39, 0.29) is 0 Å². The van der Waals surface area contributed by atoms with Gasteiger partial charge in [0.05, 0.1) is 0 Å². The summed E-state index contributed by atoms with van der Waals surface area (Å²) in [6.45, 7) is 4.72. The van der Waals surface area contributed by atoms with Crippen molar-refractivity contribution in [2.45, 2.75) is 57.9 Å². The number of benzene rings is 1. The first kappa shape index (κ1) is 13.1. The molecule has 0 aromatic heterocycles. The van der Waals surface area contributed by atoms with Crippen molar-refractivity contribution in [3.63, 3.8) is 0 Å². The summed E-state index contributed by atoms with van der Waals surface area (Å²) in [5, 5.41) is 0. The van der Waals surface area contributed by atoms with E-state index in [0.29, 0.717) is 17.4 Å². The lowest BCUT2D eigenvalue weighted by atomic mass is 9.78. The third-order valence-corrected chi connectivity index (χ3v) is 5.32. The normalized spacial score (nSPS) is 29.6. The zero-order valence-corrected chi connectivity index (χ0v) is 12.2. The number of hydrogen-bond acceptors (Lipinski definition) is 2. The summed E-state index contributed by atoms with van der Waals surface area (Å²) in [4.78, 5) is 0. The lowest BCUT2D eigenvalue weighted by Crippen LogP contribution is -2.39. The number of rotatable bonds is 4.